The summed E-state index contributed by atoms with van der Waals surface area (Å²) >= 11 is 0. The average Bonchev–Trinajstić information content (AvgIpc) is 2.34. The number of carbonyl (C=O) groups excluding carboxylic acids is 2. The van der Waals surface area contributed by atoms with E-state index >= 15 is 0 Å². The number of Topliss-reactive ketones (excluding diaryl/α,β-unsaturated/α-hetero) is 1. The Labute approximate surface area is 108 Å². The first kappa shape index (κ1) is 14.2. The number of hydrogen-bond donors (Lipinski definition) is 2. The van der Waals surface area contributed by atoms with Crippen LogP contribution in [-0.4, -0.2) is 18.2 Å². The lowest BCUT2D eigenvalue weighted by Crippen LogP contribution is -2.27. The summed E-state index contributed by atoms with van der Waals surface area (Å²) in [6.07, 6.45) is 0.462. The third kappa shape index (κ3) is 4.99. The number of nitrogens with one attached hydrogen (secondary N) is 1. The lowest BCUT2D eigenvalue weighted by molar-refractivity contribution is -0.121. The van der Waals surface area contributed by atoms with Gasteiger partial charge >= 0.3 is 0 Å². The molecule has 4 heteroatoms. The number of benzene rings is 1. The highest BCUT2D eigenvalue weighted by Crippen LogP contribution is 2.09. The number of hydrogen-bond acceptors (Lipinski definition) is 3. The quantitative estimate of drug-likeness (QED) is 0.597. The first-order valence-corrected chi connectivity index (χ1v) is 6.14. The molecule has 0 atom stereocenters. The monoisotopic (exact) mass is 248 g/mol. The van der Waals surface area contributed by atoms with E-state index in [0.717, 1.165) is 0 Å². The molecule has 18 heavy (non-hydrogen) atoms. The van der Waals surface area contributed by atoms with E-state index in [2.05, 4.69) is 5.32 Å². The van der Waals surface area contributed by atoms with E-state index in [9.17, 15) is 9.59 Å². The Hall–Kier alpha value is -1.84. The van der Waals surface area contributed by atoms with Crippen molar-refractivity contribution in [3.63, 3.8) is 0 Å². The highest BCUT2D eigenvalue weighted by atomic mass is 16.2. The van der Waals surface area contributed by atoms with Crippen LogP contribution in [0.2, 0.25) is 0 Å². The fraction of sp³-hybridized carbons (Fsp3) is 0.429. The van der Waals surface area contributed by atoms with Gasteiger partial charge in [0.15, 0.2) is 5.78 Å². The Morgan fingerprint density at radius 1 is 1.17 bits per heavy atom. The summed E-state index contributed by atoms with van der Waals surface area (Å²) in [6.45, 7) is 4.70. The smallest absolute Gasteiger partial charge is 0.220 e. The van der Waals surface area contributed by atoms with Crippen LogP contribution in [0.4, 0.5) is 5.69 Å². The standard InChI is InChI=1S/C14H20N2O2/c1-10(2)9-16-14(18)8-7-13(17)11-3-5-12(15)6-4-11/h3-6,10H,7-9,15H2,1-2H3,(H,16,18). The lowest BCUT2D eigenvalue weighted by Gasteiger charge is -2.07. The van der Waals surface area contributed by atoms with Gasteiger partial charge in [0.2, 0.25) is 5.91 Å². The molecule has 0 saturated carbocycles. The number of carbonyl (C=O) groups is 2. The van der Waals surface area contributed by atoms with Gasteiger partial charge in [-0.2, -0.15) is 0 Å². The molecule has 0 fully saturated rings. The van der Waals surface area contributed by atoms with E-state index in [4.69, 9.17) is 5.73 Å². The molecule has 0 unspecified atom stereocenters. The predicted octanol–water partition coefficient (Wildman–Crippen LogP) is 2.00. The maximum Gasteiger partial charge on any atom is 0.220 e. The lowest BCUT2D eigenvalue weighted by atomic mass is 10.1. The van der Waals surface area contributed by atoms with Crippen LogP contribution in [0.25, 0.3) is 0 Å². The van der Waals surface area contributed by atoms with Gasteiger partial charge in [-0.05, 0) is 30.2 Å². The minimum atomic E-state index is -0.0764. The molecule has 1 aromatic rings. The minimum Gasteiger partial charge on any atom is -0.399 e. The normalized spacial score (nSPS) is 10.4. The first-order chi connectivity index (χ1) is 8.49. The summed E-state index contributed by atoms with van der Waals surface area (Å²) in [7, 11) is 0. The fourth-order valence-corrected chi connectivity index (χ4v) is 1.45. The number of ketones is 1. The van der Waals surface area contributed by atoms with Gasteiger partial charge < -0.3 is 11.1 Å². The summed E-state index contributed by atoms with van der Waals surface area (Å²) < 4.78 is 0. The number of amides is 1. The average molecular weight is 248 g/mol. The fourth-order valence-electron chi connectivity index (χ4n) is 1.45. The molecule has 0 aliphatic heterocycles. The molecule has 1 aromatic carbocycles. The van der Waals surface area contributed by atoms with Crippen LogP contribution >= 0.6 is 0 Å². The molecule has 0 bridgehead atoms. The van der Waals surface area contributed by atoms with Gasteiger partial charge in [-0.1, -0.05) is 13.8 Å². The van der Waals surface area contributed by atoms with Crippen LogP contribution in [-0.2, 0) is 4.79 Å². The van der Waals surface area contributed by atoms with Crippen LogP contribution in [0.1, 0.15) is 37.0 Å². The number of nitrogen functional groups attached to an aromatic ring is 1. The molecular formula is C14H20N2O2. The Morgan fingerprint density at radius 3 is 2.33 bits per heavy atom. The van der Waals surface area contributed by atoms with E-state index in [0.29, 0.717) is 23.7 Å². The van der Waals surface area contributed by atoms with E-state index in [1.165, 1.54) is 0 Å². The van der Waals surface area contributed by atoms with E-state index in [1.54, 1.807) is 24.3 Å². The summed E-state index contributed by atoms with van der Waals surface area (Å²) in [5.41, 5.74) is 6.77. The van der Waals surface area contributed by atoms with Crippen molar-refractivity contribution in [1.29, 1.82) is 0 Å². The van der Waals surface area contributed by atoms with Crippen LogP contribution in [0, 0.1) is 5.92 Å². The Balaban J connectivity index is 2.37. The van der Waals surface area contributed by atoms with Crippen molar-refractivity contribution in [3.8, 4) is 0 Å². The van der Waals surface area contributed by atoms with Crippen LogP contribution in [0.3, 0.4) is 0 Å². The van der Waals surface area contributed by atoms with Crippen LogP contribution in [0.15, 0.2) is 24.3 Å². The van der Waals surface area contributed by atoms with Gasteiger partial charge in [0.05, 0.1) is 0 Å². The maximum atomic E-state index is 11.8. The second-order valence-corrected chi connectivity index (χ2v) is 4.74. The molecule has 0 aliphatic carbocycles. The first-order valence-electron chi connectivity index (χ1n) is 6.14. The summed E-state index contributed by atoms with van der Waals surface area (Å²) in [5, 5.41) is 2.79. The topological polar surface area (TPSA) is 72.2 Å². The molecule has 0 aromatic heterocycles. The van der Waals surface area contributed by atoms with Crippen molar-refractivity contribution in [2.24, 2.45) is 5.92 Å². The molecule has 1 amide bonds. The van der Waals surface area contributed by atoms with Crippen molar-refractivity contribution in [3.05, 3.63) is 29.8 Å². The SMILES string of the molecule is CC(C)CNC(=O)CCC(=O)c1ccc(N)cc1. The highest BCUT2D eigenvalue weighted by molar-refractivity contribution is 5.98. The molecular weight excluding hydrogens is 228 g/mol. The Bertz CT molecular complexity index is 410. The highest BCUT2D eigenvalue weighted by Gasteiger charge is 2.09. The molecule has 98 valence electrons. The van der Waals surface area contributed by atoms with E-state index < -0.39 is 0 Å². The molecule has 3 N–H and O–H groups in total. The zero-order valence-corrected chi connectivity index (χ0v) is 10.9. The van der Waals surface area contributed by atoms with Gasteiger partial charge in [0.25, 0.3) is 0 Å². The number of rotatable bonds is 6. The summed E-state index contributed by atoms with van der Waals surface area (Å²) in [4.78, 5) is 23.2. The Morgan fingerprint density at radius 2 is 1.78 bits per heavy atom. The zero-order chi connectivity index (χ0) is 13.5. The Kier molecular flexibility index (Phi) is 5.36. The molecule has 4 nitrogen and oxygen atoms in total. The third-order valence-electron chi connectivity index (χ3n) is 2.52. The largest absolute Gasteiger partial charge is 0.399 e. The number of anilines is 1. The van der Waals surface area contributed by atoms with Gasteiger partial charge in [-0.3, -0.25) is 9.59 Å². The number of nitrogens with two attached hydrogens (primary N) is 1. The van der Waals surface area contributed by atoms with Gasteiger partial charge in [-0.25, -0.2) is 0 Å². The molecule has 1 rings (SSSR count). The summed E-state index contributed by atoms with van der Waals surface area (Å²) in [5.74, 6) is 0.309. The van der Waals surface area contributed by atoms with Crippen molar-refractivity contribution in [2.45, 2.75) is 26.7 Å². The minimum absolute atomic E-state index is 0.0327. The second-order valence-electron chi connectivity index (χ2n) is 4.74. The zero-order valence-electron chi connectivity index (χ0n) is 10.9. The van der Waals surface area contributed by atoms with E-state index in [1.807, 2.05) is 13.8 Å². The molecule has 0 heterocycles. The van der Waals surface area contributed by atoms with E-state index in [-0.39, 0.29) is 24.5 Å². The van der Waals surface area contributed by atoms with Gasteiger partial charge in [0.1, 0.15) is 0 Å². The van der Waals surface area contributed by atoms with Crippen molar-refractivity contribution < 1.29 is 9.59 Å². The van der Waals surface area contributed by atoms with Crippen molar-refractivity contribution in [2.75, 3.05) is 12.3 Å². The third-order valence-corrected chi connectivity index (χ3v) is 2.52. The van der Waals surface area contributed by atoms with Crippen molar-refractivity contribution in [1.82, 2.24) is 5.32 Å². The molecule has 0 spiro atoms. The summed E-state index contributed by atoms with van der Waals surface area (Å²) in [6, 6.07) is 6.74. The van der Waals surface area contributed by atoms with Crippen LogP contribution in [0.5, 0.6) is 0 Å². The van der Waals surface area contributed by atoms with Gasteiger partial charge in [0, 0.05) is 30.6 Å². The van der Waals surface area contributed by atoms with Crippen molar-refractivity contribution >= 4 is 17.4 Å². The maximum absolute atomic E-state index is 11.8. The molecule has 0 saturated heterocycles. The predicted molar refractivity (Wildman–Crippen MR) is 72.3 cm³/mol. The van der Waals surface area contributed by atoms with Crippen LogP contribution < -0.4 is 11.1 Å². The molecule has 0 aliphatic rings. The molecule has 0 radical (unpaired) electrons. The second kappa shape index (κ2) is 6.79. The van der Waals surface area contributed by atoms with Gasteiger partial charge in [-0.15, -0.1) is 0 Å².